The van der Waals surface area contributed by atoms with Crippen LogP contribution in [0.5, 0.6) is 0 Å². The molecule has 0 aliphatic heterocycles. The van der Waals surface area contributed by atoms with Gasteiger partial charge in [-0.3, -0.25) is 0 Å². The van der Waals surface area contributed by atoms with Gasteiger partial charge in [-0.1, -0.05) is 15.9 Å². The molecule has 1 nitrogen and oxygen atoms in total. The average Bonchev–Trinajstić information content (AvgIpc) is 2.92. The topological polar surface area (TPSA) is 26.0 Å². The zero-order chi connectivity index (χ0) is 11.1. The van der Waals surface area contributed by atoms with Gasteiger partial charge in [0.2, 0.25) is 0 Å². The molecule has 0 spiro atoms. The lowest BCUT2D eigenvalue weighted by atomic mass is 9.90. The second-order valence-electron chi connectivity index (χ2n) is 4.56. The maximum atomic E-state index is 13.5. The first-order valence-corrected chi connectivity index (χ1v) is 6.02. The molecule has 2 rings (SSSR count). The van der Waals surface area contributed by atoms with Crippen molar-refractivity contribution in [2.75, 3.05) is 0 Å². The SMILES string of the molecule is CC(N)C1(Cc2cc(Br)ccc2F)CC1. The van der Waals surface area contributed by atoms with Gasteiger partial charge in [0.1, 0.15) is 5.82 Å². The third kappa shape index (κ3) is 2.23. The van der Waals surface area contributed by atoms with Crippen molar-refractivity contribution in [3.05, 3.63) is 34.1 Å². The van der Waals surface area contributed by atoms with Crippen LogP contribution in [0.3, 0.4) is 0 Å². The lowest BCUT2D eigenvalue weighted by Gasteiger charge is -2.19. The molecule has 0 heterocycles. The Morgan fingerprint density at radius 3 is 2.73 bits per heavy atom. The van der Waals surface area contributed by atoms with Crippen LogP contribution in [-0.4, -0.2) is 6.04 Å². The summed E-state index contributed by atoms with van der Waals surface area (Å²) in [5, 5.41) is 0. The van der Waals surface area contributed by atoms with Gasteiger partial charge in [0.15, 0.2) is 0 Å². The van der Waals surface area contributed by atoms with E-state index in [1.54, 1.807) is 6.07 Å². The van der Waals surface area contributed by atoms with Crippen molar-refractivity contribution in [2.45, 2.75) is 32.2 Å². The van der Waals surface area contributed by atoms with Crippen LogP contribution in [0.1, 0.15) is 25.3 Å². The molecule has 82 valence electrons. The van der Waals surface area contributed by atoms with Crippen molar-refractivity contribution in [2.24, 2.45) is 11.1 Å². The zero-order valence-electron chi connectivity index (χ0n) is 8.76. The molecule has 1 aliphatic carbocycles. The number of halogens is 2. The Hall–Kier alpha value is -0.410. The summed E-state index contributed by atoms with van der Waals surface area (Å²) in [6, 6.07) is 5.24. The van der Waals surface area contributed by atoms with Gasteiger partial charge in [0.25, 0.3) is 0 Å². The fourth-order valence-corrected chi connectivity index (χ4v) is 2.42. The van der Waals surface area contributed by atoms with E-state index in [2.05, 4.69) is 15.9 Å². The van der Waals surface area contributed by atoms with E-state index in [1.807, 2.05) is 13.0 Å². The minimum atomic E-state index is -0.120. The molecule has 0 radical (unpaired) electrons. The highest BCUT2D eigenvalue weighted by Crippen LogP contribution is 2.50. The average molecular weight is 272 g/mol. The molecule has 1 aromatic rings. The first-order valence-electron chi connectivity index (χ1n) is 5.23. The van der Waals surface area contributed by atoms with Crippen molar-refractivity contribution in [3.63, 3.8) is 0 Å². The van der Waals surface area contributed by atoms with Crippen LogP contribution in [0.4, 0.5) is 4.39 Å². The fraction of sp³-hybridized carbons (Fsp3) is 0.500. The van der Waals surface area contributed by atoms with Crippen LogP contribution >= 0.6 is 15.9 Å². The standard InChI is InChI=1S/C12H15BrFN/c1-8(15)12(4-5-12)7-9-6-10(13)2-3-11(9)14/h2-3,6,8H,4-5,7,15H2,1H3. The molecule has 1 fully saturated rings. The van der Waals surface area contributed by atoms with Crippen LogP contribution in [0.25, 0.3) is 0 Å². The van der Waals surface area contributed by atoms with Gasteiger partial charge in [-0.2, -0.15) is 0 Å². The smallest absolute Gasteiger partial charge is 0.126 e. The van der Waals surface area contributed by atoms with Crippen molar-refractivity contribution in [3.8, 4) is 0 Å². The number of hydrogen-bond donors (Lipinski definition) is 1. The predicted octanol–water partition coefficient (Wildman–Crippen LogP) is 3.26. The van der Waals surface area contributed by atoms with E-state index < -0.39 is 0 Å². The van der Waals surface area contributed by atoms with Crippen molar-refractivity contribution >= 4 is 15.9 Å². The highest BCUT2D eigenvalue weighted by Gasteiger charge is 2.46. The zero-order valence-corrected chi connectivity index (χ0v) is 10.3. The van der Waals surface area contributed by atoms with Crippen molar-refractivity contribution < 1.29 is 4.39 Å². The number of benzene rings is 1. The molecule has 1 atom stereocenters. The minimum Gasteiger partial charge on any atom is -0.327 e. The van der Waals surface area contributed by atoms with E-state index in [-0.39, 0.29) is 17.3 Å². The molecule has 1 saturated carbocycles. The van der Waals surface area contributed by atoms with Gasteiger partial charge in [0.05, 0.1) is 0 Å². The largest absolute Gasteiger partial charge is 0.327 e. The minimum absolute atomic E-state index is 0.120. The highest BCUT2D eigenvalue weighted by molar-refractivity contribution is 9.10. The van der Waals surface area contributed by atoms with E-state index in [9.17, 15) is 4.39 Å². The van der Waals surface area contributed by atoms with E-state index >= 15 is 0 Å². The lowest BCUT2D eigenvalue weighted by Crippen LogP contribution is -2.30. The van der Waals surface area contributed by atoms with Crippen LogP contribution < -0.4 is 5.73 Å². The van der Waals surface area contributed by atoms with E-state index in [4.69, 9.17) is 5.73 Å². The Morgan fingerprint density at radius 2 is 2.20 bits per heavy atom. The van der Waals surface area contributed by atoms with E-state index in [0.717, 1.165) is 29.3 Å². The molecule has 0 aromatic heterocycles. The first kappa shape index (κ1) is 11.1. The summed E-state index contributed by atoms with van der Waals surface area (Å²) in [4.78, 5) is 0. The molecule has 1 unspecified atom stereocenters. The maximum Gasteiger partial charge on any atom is 0.126 e. The molecule has 1 aliphatic rings. The van der Waals surface area contributed by atoms with Gasteiger partial charge in [-0.15, -0.1) is 0 Å². The van der Waals surface area contributed by atoms with Gasteiger partial charge < -0.3 is 5.73 Å². The molecular formula is C12H15BrFN. The van der Waals surface area contributed by atoms with E-state index in [1.165, 1.54) is 6.07 Å². The molecule has 0 saturated heterocycles. The Bertz CT molecular complexity index is 372. The molecule has 2 N–H and O–H groups in total. The molecule has 0 bridgehead atoms. The predicted molar refractivity (Wildman–Crippen MR) is 63.1 cm³/mol. The Kier molecular flexibility index (Phi) is 2.86. The molecule has 15 heavy (non-hydrogen) atoms. The van der Waals surface area contributed by atoms with Crippen LogP contribution in [-0.2, 0) is 6.42 Å². The highest BCUT2D eigenvalue weighted by atomic mass is 79.9. The summed E-state index contributed by atoms with van der Waals surface area (Å²) in [5.41, 5.74) is 6.87. The summed E-state index contributed by atoms with van der Waals surface area (Å²) in [6.07, 6.45) is 3.00. The second kappa shape index (κ2) is 3.87. The van der Waals surface area contributed by atoms with Gasteiger partial charge in [-0.25, -0.2) is 4.39 Å². The quantitative estimate of drug-likeness (QED) is 0.898. The normalized spacial score (nSPS) is 20.0. The summed E-state index contributed by atoms with van der Waals surface area (Å²) in [5.74, 6) is -0.120. The van der Waals surface area contributed by atoms with Crippen molar-refractivity contribution in [1.82, 2.24) is 0 Å². The van der Waals surface area contributed by atoms with Gasteiger partial charge in [0, 0.05) is 10.5 Å². The molecule has 1 aromatic carbocycles. The number of rotatable bonds is 3. The van der Waals surface area contributed by atoms with Gasteiger partial charge >= 0.3 is 0 Å². The maximum absolute atomic E-state index is 13.5. The third-order valence-corrected chi connectivity index (χ3v) is 3.90. The second-order valence-corrected chi connectivity index (χ2v) is 5.48. The third-order valence-electron chi connectivity index (χ3n) is 3.41. The molecular weight excluding hydrogens is 257 g/mol. The monoisotopic (exact) mass is 271 g/mol. The fourth-order valence-electron chi connectivity index (χ4n) is 2.01. The van der Waals surface area contributed by atoms with E-state index in [0.29, 0.717) is 0 Å². The van der Waals surface area contributed by atoms with Crippen molar-refractivity contribution in [1.29, 1.82) is 0 Å². The molecule has 3 heteroatoms. The summed E-state index contributed by atoms with van der Waals surface area (Å²) >= 11 is 3.36. The Balaban J connectivity index is 2.21. The molecule has 0 amide bonds. The Labute approximate surface area is 98.0 Å². The van der Waals surface area contributed by atoms with Crippen LogP contribution in [0, 0.1) is 11.2 Å². The van der Waals surface area contributed by atoms with Gasteiger partial charge in [-0.05, 0) is 55.4 Å². The van der Waals surface area contributed by atoms with Crippen LogP contribution in [0.15, 0.2) is 22.7 Å². The number of nitrogens with two attached hydrogens (primary N) is 1. The Morgan fingerprint density at radius 1 is 1.53 bits per heavy atom. The summed E-state index contributed by atoms with van der Waals surface area (Å²) < 4.78 is 14.5. The van der Waals surface area contributed by atoms with Crippen LogP contribution in [0.2, 0.25) is 0 Å². The number of hydrogen-bond acceptors (Lipinski definition) is 1. The summed E-state index contributed by atoms with van der Waals surface area (Å²) in [7, 11) is 0. The summed E-state index contributed by atoms with van der Waals surface area (Å²) in [6.45, 7) is 2.02. The first-order chi connectivity index (χ1) is 7.03. The lowest BCUT2D eigenvalue weighted by molar-refractivity contribution is 0.410.